The first-order chi connectivity index (χ1) is 9.88. The fourth-order valence-corrected chi connectivity index (χ4v) is 3.32. The fraction of sp³-hybridized carbons (Fsp3) is 0.471. The zero-order chi connectivity index (χ0) is 15.6. The van der Waals surface area contributed by atoms with Gasteiger partial charge in [0.15, 0.2) is 0 Å². The van der Waals surface area contributed by atoms with Gasteiger partial charge >= 0.3 is 0 Å². The van der Waals surface area contributed by atoms with Gasteiger partial charge in [0.05, 0.1) is 5.69 Å². The van der Waals surface area contributed by atoms with Crippen molar-refractivity contribution in [3.8, 4) is 0 Å². The minimum atomic E-state index is 0.476. The topological polar surface area (TPSA) is 29.9 Å². The van der Waals surface area contributed by atoms with Crippen LogP contribution in [0.5, 0.6) is 0 Å². The van der Waals surface area contributed by atoms with E-state index < -0.39 is 0 Å². The SMILES string of the molecule is Cc1ccc(Sc2c(CNC(C)C)c(C)nn2C)cc1C. The van der Waals surface area contributed by atoms with Crippen molar-refractivity contribution in [3.63, 3.8) is 0 Å². The first kappa shape index (κ1) is 16.1. The maximum atomic E-state index is 4.58. The van der Waals surface area contributed by atoms with E-state index in [2.05, 4.69) is 63.2 Å². The van der Waals surface area contributed by atoms with E-state index in [4.69, 9.17) is 0 Å². The molecule has 0 saturated carbocycles. The van der Waals surface area contributed by atoms with Crippen LogP contribution in [0, 0.1) is 20.8 Å². The zero-order valence-electron chi connectivity index (χ0n) is 13.8. The van der Waals surface area contributed by atoms with Crippen molar-refractivity contribution in [1.82, 2.24) is 15.1 Å². The maximum absolute atomic E-state index is 4.58. The molecule has 114 valence electrons. The van der Waals surface area contributed by atoms with Gasteiger partial charge in [-0.25, -0.2) is 0 Å². The van der Waals surface area contributed by atoms with Crippen LogP contribution < -0.4 is 5.32 Å². The lowest BCUT2D eigenvalue weighted by molar-refractivity contribution is 0.580. The van der Waals surface area contributed by atoms with Gasteiger partial charge in [-0.05, 0) is 44.0 Å². The second kappa shape index (κ2) is 6.67. The highest BCUT2D eigenvalue weighted by molar-refractivity contribution is 7.99. The quantitative estimate of drug-likeness (QED) is 0.905. The van der Waals surface area contributed by atoms with Gasteiger partial charge in [0.25, 0.3) is 0 Å². The third-order valence-corrected chi connectivity index (χ3v) is 4.86. The molecule has 0 aliphatic carbocycles. The second-order valence-corrected chi connectivity index (χ2v) is 6.94. The van der Waals surface area contributed by atoms with E-state index in [1.165, 1.54) is 26.6 Å². The molecule has 0 fully saturated rings. The summed E-state index contributed by atoms with van der Waals surface area (Å²) in [4.78, 5) is 1.27. The monoisotopic (exact) mass is 303 g/mol. The molecule has 4 heteroatoms. The van der Waals surface area contributed by atoms with Gasteiger partial charge in [-0.2, -0.15) is 5.10 Å². The molecule has 0 bridgehead atoms. The molecule has 2 rings (SSSR count). The predicted octanol–water partition coefficient (Wildman–Crippen LogP) is 3.99. The molecule has 2 aromatic rings. The summed E-state index contributed by atoms with van der Waals surface area (Å²) in [5.74, 6) is 0. The van der Waals surface area contributed by atoms with Crippen LogP contribution in [0.15, 0.2) is 28.1 Å². The molecule has 21 heavy (non-hydrogen) atoms. The Labute approximate surface area is 132 Å². The first-order valence-electron chi connectivity index (χ1n) is 7.39. The molecular weight excluding hydrogens is 278 g/mol. The molecule has 1 heterocycles. The summed E-state index contributed by atoms with van der Waals surface area (Å²) < 4.78 is 1.99. The lowest BCUT2D eigenvalue weighted by atomic mass is 10.1. The molecule has 1 aromatic heterocycles. The normalized spacial score (nSPS) is 11.4. The van der Waals surface area contributed by atoms with Crippen molar-refractivity contribution in [1.29, 1.82) is 0 Å². The van der Waals surface area contributed by atoms with Gasteiger partial charge in [-0.3, -0.25) is 4.68 Å². The van der Waals surface area contributed by atoms with Crippen molar-refractivity contribution in [2.75, 3.05) is 0 Å². The lowest BCUT2D eigenvalue weighted by Crippen LogP contribution is -2.22. The van der Waals surface area contributed by atoms with E-state index >= 15 is 0 Å². The van der Waals surface area contributed by atoms with E-state index in [-0.39, 0.29) is 0 Å². The second-order valence-electron chi connectivity index (χ2n) is 5.88. The van der Waals surface area contributed by atoms with Crippen molar-refractivity contribution in [3.05, 3.63) is 40.6 Å². The van der Waals surface area contributed by atoms with Crippen LogP contribution in [0.3, 0.4) is 0 Å². The summed E-state index contributed by atoms with van der Waals surface area (Å²) in [7, 11) is 2.02. The Bertz CT molecular complexity index is 629. The van der Waals surface area contributed by atoms with E-state index in [0.717, 1.165) is 12.2 Å². The van der Waals surface area contributed by atoms with E-state index in [0.29, 0.717) is 6.04 Å². The Balaban J connectivity index is 2.28. The standard InChI is InChI=1S/C17H25N3S/c1-11(2)18-10-16-14(5)19-20(6)17(16)21-15-8-7-12(3)13(4)9-15/h7-9,11,18H,10H2,1-6H3. The van der Waals surface area contributed by atoms with Gasteiger partial charge < -0.3 is 5.32 Å². The molecule has 1 aromatic carbocycles. The molecule has 0 amide bonds. The predicted molar refractivity (Wildman–Crippen MR) is 90.0 cm³/mol. The number of hydrogen-bond acceptors (Lipinski definition) is 3. The third kappa shape index (κ3) is 3.89. The summed E-state index contributed by atoms with van der Waals surface area (Å²) in [6.07, 6.45) is 0. The van der Waals surface area contributed by atoms with Gasteiger partial charge in [0, 0.05) is 30.1 Å². The molecule has 3 nitrogen and oxygen atoms in total. The van der Waals surface area contributed by atoms with Crippen molar-refractivity contribution in [2.45, 2.75) is 57.1 Å². The summed E-state index contributed by atoms with van der Waals surface area (Å²) in [6, 6.07) is 7.10. The summed E-state index contributed by atoms with van der Waals surface area (Å²) >= 11 is 1.80. The van der Waals surface area contributed by atoms with Crippen LogP contribution in [0.25, 0.3) is 0 Å². The van der Waals surface area contributed by atoms with Crippen molar-refractivity contribution < 1.29 is 0 Å². The smallest absolute Gasteiger partial charge is 0.103 e. The van der Waals surface area contributed by atoms with Crippen molar-refractivity contribution in [2.24, 2.45) is 7.05 Å². The third-order valence-electron chi connectivity index (χ3n) is 3.67. The number of benzene rings is 1. The highest BCUT2D eigenvalue weighted by atomic mass is 32.2. The zero-order valence-corrected chi connectivity index (χ0v) is 14.6. The van der Waals surface area contributed by atoms with E-state index in [1.807, 2.05) is 11.7 Å². The summed E-state index contributed by atoms with van der Waals surface area (Å²) in [5, 5.41) is 9.30. The Morgan fingerprint density at radius 3 is 2.52 bits per heavy atom. The minimum absolute atomic E-state index is 0.476. The van der Waals surface area contributed by atoms with Crippen LogP contribution in [-0.2, 0) is 13.6 Å². The molecule has 0 aliphatic rings. The van der Waals surface area contributed by atoms with Crippen LogP contribution >= 0.6 is 11.8 Å². The average molecular weight is 303 g/mol. The number of nitrogens with zero attached hydrogens (tertiary/aromatic N) is 2. The minimum Gasteiger partial charge on any atom is -0.310 e. The fourth-order valence-electron chi connectivity index (χ4n) is 2.21. The summed E-state index contributed by atoms with van der Waals surface area (Å²) in [5.41, 5.74) is 5.08. The van der Waals surface area contributed by atoms with Crippen LogP contribution in [0.2, 0.25) is 0 Å². The van der Waals surface area contributed by atoms with E-state index in [1.54, 1.807) is 11.8 Å². The number of aryl methyl sites for hydroxylation is 4. The number of nitrogens with one attached hydrogen (secondary N) is 1. The Morgan fingerprint density at radius 1 is 1.19 bits per heavy atom. The number of hydrogen-bond donors (Lipinski definition) is 1. The Morgan fingerprint density at radius 2 is 1.90 bits per heavy atom. The number of rotatable bonds is 5. The highest BCUT2D eigenvalue weighted by Gasteiger charge is 2.15. The van der Waals surface area contributed by atoms with Gasteiger partial charge in [0.1, 0.15) is 5.03 Å². The molecule has 0 saturated heterocycles. The molecule has 0 spiro atoms. The molecular formula is C17H25N3S. The Kier molecular flexibility index (Phi) is 5.12. The van der Waals surface area contributed by atoms with Gasteiger partial charge in [0.2, 0.25) is 0 Å². The average Bonchev–Trinajstić information content (AvgIpc) is 2.66. The Hall–Kier alpha value is -1.26. The van der Waals surface area contributed by atoms with Crippen molar-refractivity contribution >= 4 is 11.8 Å². The van der Waals surface area contributed by atoms with E-state index in [9.17, 15) is 0 Å². The maximum Gasteiger partial charge on any atom is 0.103 e. The van der Waals surface area contributed by atoms with Crippen LogP contribution in [-0.4, -0.2) is 15.8 Å². The molecule has 1 N–H and O–H groups in total. The van der Waals surface area contributed by atoms with Crippen LogP contribution in [0.1, 0.15) is 36.2 Å². The number of aromatic nitrogens is 2. The molecule has 0 aliphatic heterocycles. The molecule has 0 radical (unpaired) electrons. The van der Waals surface area contributed by atoms with Gasteiger partial charge in [-0.1, -0.05) is 31.7 Å². The highest BCUT2D eigenvalue weighted by Crippen LogP contribution is 2.32. The molecule has 0 unspecified atom stereocenters. The largest absolute Gasteiger partial charge is 0.310 e. The van der Waals surface area contributed by atoms with Crippen LogP contribution in [0.4, 0.5) is 0 Å². The molecule has 0 atom stereocenters. The van der Waals surface area contributed by atoms with Gasteiger partial charge in [-0.15, -0.1) is 0 Å². The first-order valence-corrected chi connectivity index (χ1v) is 8.21. The lowest BCUT2D eigenvalue weighted by Gasteiger charge is -2.11. The summed E-state index contributed by atoms with van der Waals surface area (Å²) in [6.45, 7) is 11.6.